The van der Waals surface area contributed by atoms with Crippen molar-refractivity contribution in [3.8, 4) is 0 Å². The van der Waals surface area contributed by atoms with Gasteiger partial charge >= 0.3 is 0 Å². The van der Waals surface area contributed by atoms with Crippen LogP contribution in [0.3, 0.4) is 0 Å². The Morgan fingerprint density at radius 2 is 0.447 bits per heavy atom. The molecule has 3 nitrogen and oxygen atoms in total. The molecule has 0 saturated carbocycles. The monoisotopic (exact) mass is 2540 g/mol. The fraction of sp³-hybridized carbons (Fsp3) is 1.00. The van der Waals surface area contributed by atoms with E-state index in [4.69, 9.17) is 4.18 Å². The lowest BCUT2D eigenvalue weighted by Gasteiger charge is -2.61. The molecule has 0 aromatic rings. The first-order chi connectivity index (χ1) is 19.7. The highest BCUT2D eigenvalue weighted by Crippen LogP contribution is 2.82. The molecule has 47 heavy (non-hydrogen) atoms. The molecule has 0 spiro atoms. The predicted molar refractivity (Wildman–Crippen MR) is 307 cm³/mol. The maximum atomic E-state index is 11.6. The summed E-state index contributed by atoms with van der Waals surface area (Å²) in [6.45, 7) is 0. The zero-order chi connectivity index (χ0) is 39.3. The first kappa shape index (κ1) is 61.0. The van der Waals surface area contributed by atoms with Crippen molar-refractivity contribution in [3.63, 3.8) is 0 Å². The molecule has 0 aliphatic carbocycles. The maximum absolute atomic E-state index is 11.6. The second-order valence-electron chi connectivity index (χ2n) is 8.19. The molecule has 0 N–H and O–H groups in total. The van der Waals surface area contributed by atoms with E-state index >= 15 is 0 Å². The lowest BCUT2D eigenvalue weighted by Crippen LogP contribution is -2.73. The summed E-state index contributed by atoms with van der Waals surface area (Å²) in [7, 11) is 0. The van der Waals surface area contributed by atoms with Gasteiger partial charge in [-0.15, -0.1) is 0 Å². The summed E-state index contributed by atoms with van der Waals surface area (Å²) in [6.07, 6.45) is 0. The topological polar surface area (TPSA) is 49.4 Å². The van der Waals surface area contributed by atoms with Gasteiger partial charge in [0.25, 0.3) is 0 Å². The molecule has 0 aromatic heterocycles. The molecular formula is C14Br29O3S-. The molecule has 284 valence electrons. The third kappa shape index (κ3) is 10.9. The van der Waals surface area contributed by atoms with Gasteiger partial charge in [-0.3, -0.25) is 4.18 Å². The van der Waals surface area contributed by atoms with Crippen LogP contribution in [-0.2, 0) is 15.5 Å². The van der Waals surface area contributed by atoms with Crippen LogP contribution < -0.4 is 0 Å². The molecule has 0 radical (unpaired) electrons. The molecule has 0 heterocycles. The van der Waals surface area contributed by atoms with Gasteiger partial charge in [0.2, 0.25) is 3.42 Å². The van der Waals surface area contributed by atoms with Gasteiger partial charge in [-0.25, -0.2) is 4.21 Å². The Hall–Kier alpha value is 14.0. The molecule has 0 aromatic carbocycles. The van der Waals surface area contributed by atoms with Crippen molar-refractivity contribution in [2.45, 2.75) is 44.4 Å². The van der Waals surface area contributed by atoms with E-state index < -0.39 is 55.7 Å². The van der Waals surface area contributed by atoms with Gasteiger partial charge in [0.05, 0.1) is 11.4 Å². The molecule has 0 saturated heterocycles. The second-order valence-corrected chi connectivity index (χ2v) is 60.1. The Morgan fingerprint density at radius 3 is 0.596 bits per heavy atom. The molecule has 0 fully saturated rings. The third-order valence-electron chi connectivity index (χ3n) is 5.23. The van der Waals surface area contributed by atoms with Gasteiger partial charge in [-0.1, -0.05) is 430 Å². The fourth-order valence-corrected chi connectivity index (χ4v) is 31.6. The van der Waals surface area contributed by atoms with Gasteiger partial charge in [-0.2, -0.15) is 0 Å². The number of rotatable bonds is 14. The van der Waals surface area contributed by atoms with E-state index in [1.807, 2.05) is 0 Å². The highest BCUT2D eigenvalue weighted by atomic mass is 80.0. The minimum Gasteiger partial charge on any atom is -0.750 e. The zero-order valence-electron chi connectivity index (χ0n) is 19.6. The molecule has 1 unspecified atom stereocenters. The van der Waals surface area contributed by atoms with E-state index in [9.17, 15) is 8.76 Å². The minimum absolute atomic E-state index is 0.916. The van der Waals surface area contributed by atoms with Crippen LogP contribution in [-0.4, -0.2) is 53.1 Å². The van der Waals surface area contributed by atoms with Crippen LogP contribution in [0.5, 0.6) is 0 Å². The number of hydrogen-bond acceptors (Lipinski definition) is 3. The molecule has 0 bridgehead atoms. The molecular weight excluding hydrogens is 2570 g/mol. The Morgan fingerprint density at radius 1 is 0.298 bits per heavy atom. The van der Waals surface area contributed by atoms with E-state index in [2.05, 4.69) is 462 Å². The lowest BCUT2D eigenvalue weighted by molar-refractivity contribution is 0.247. The van der Waals surface area contributed by atoms with Crippen LogP contribution in [0.4, 0.5) is 0 Å². The van der Waals surface area contributed by atoms with Crippen molar-refractivity contribution >= 4 is 473 Å². The molecule has 0 aliphatic rings. The summed E-state index contributed by atoms with van der Waals surface area (Å²) in [4.78, 5) is 0. The largest absolute Gasteiger partial charge is 0.750 e. The normalized spacial score (nSPS) is 17.7. The SMILES string of the molecule is O=S([O-])OC(Br)(Br)C(Br)(Br)C(Br)(Br)C(Br)(Br)C(Br)(Br)C(Br)(Br)C(Br)(Br)C(Br)(Br)C(Br)(Br)C(Br)(Br)C(Br)(Br)C(Br)(Br)C(Br)(Br)C(Br)(Br)Br. The minimum atomic E-state index is -2.94. The molecule has 0 aliphatic heterocycles. The average Bonchev–Trinajstić information content (AvgIpc) is 2.80. The molecule has 0 rings (SSSR count). The van der Waals surface area contributed by atoms with E-state index in [0.29, 0.717) is 0 Å². The van der Waals surface area contributed by atoms with Crippen molar-refractivity contribution in [3.05, 3.63) is 0 Å². The van der Waals surface area contributed by atoms with Gasteiger partial charge in [0.1, 0.15) is 35.6 Å². The van der Waals surface area contributed by atoms with Crippen molar-refractivity contribution in [1.82, 2.24) is 0 Å². The number of hydrogen-bond donors (Lipinski definition) is 0. The average molecular weight is 2570 g/mol. The first-order valence-corrected chi connectivity index (χ1v) is 33.4. The first-order valence-electron chi connectivity index (χ1n) is 9.43. The summed E-state index contributed by atoms with van der Waals surface area (Å²) < 4.78 is 9.66. The Balaban J connectivity index is 7.55. The van der Waals surface area contributed by atoms with Crippen LogP contribution in [0, 0.1) is 0 Å². The molecule has 0 amide bonds. The van der Waals surface area contributed by atoms with Crippen molar-refractivity contribution in [1.29, 1.82) is 0 Å². The van der Waals surface area contributed by atoms with Crippen LogP contribution in [0.25, 0.3) is 0 Å². The Labute approximate surface area is 517 Å². The van der Waals surface area contributed by atoms with E-state index in [1.165, 1.54) is 0 Å². The lowest BCUT2D eigenvalue weighted by atomic mass is 10.0. The van der Waals surface area contributed by atoms with Crippen LogP contribution in [0.2, 0.25) is 0 Å². The number of halogens is 29. The van der Waals surface area contributed by atoms with Crippen molar-refractivity contribution in [2.75, 3.05) is 0 Å². The van der Waals surface area contributed by atoms with E-state index in [0.717, 1.165) is 0 Å². The Bertz CT molecular complexity index is 1180. The summed E-state index contributed by atoms with van der Waals surface area (Å²) in [5.41, 5.74) is 0. The van der Waals surface area contributed by atoms with Crippen molar-refractivity contribution < 1.29 is 12.9 Å². The van der Waals surface area contributed by atoms with Crippen LogP contribution in [0.1, 0.15) is 0 Å². The zero-order valence-corrected chi connectivity index (χ0v) is 66.4. The van der Waals surface area contributed by atoms with E-state index in [-0.39, 0.29) is 0 Å². The van der Waals surface area contributed by atoms with Gasteiger partial charge < -0.3 is 4.55 Å². The highest BCUT2D eigenvalue weighted by molar-refractivity contribution is 9.42. The predicted octanol–water partition coefficient (Wildman–Crippen LogP) is 20.9. The third-order valence-corrected chi connectivity index (χ3v) is 66.6. The van der Waals surface area contributed by atoms with Gasteiger partial charge in [-0.05, 0) is 31.9 Å². The van der Waals surface area contributed by atoms with Gasteiger partial charge in [0, 0.05) is 0 Å². The summed E-state index contributed by atoms with van der Waals surface area (Å²) in [5.74, 6) is 0. The summed E-state index contributed by atoms with van der Waals surface area (Å²) in [5, 5.41) is 0. The second kappa shape index (κ2) is 20.1. The fourth-order valence-electron chi connectivity index (χ4n) is 2.47. The van der Waals surface area contributed by atoms with Crippen LogP contribution >= 0.6 is 462 Å². The molecule has 1 atom stereocenters. The smallest absolute Gasteiger partial charge is 0.219 e. The Kier molecular flexibility index (Phi) is 26.0. The van der Waals surface area contributed by atoms with Crippen LogP contribution in [0.15, 0.2) is 0 Å². The quantitative estimate of drug-likeness (QED) is 0.129. The standard InChI is InChI=1S/C14HBr29O3S/c15-1(16,3(19,20)5(23,24)7(27,28)9(31,32)11(35,36)13(39,40)41)2(17,18)4(21,22)6(25,26)8(29,30)10(33,34)12(37,38)14(42,43)46-47(44)45/h(H,44,45)/p-1. The number of alkyl halides is 29. The van der Waals surface area contributed by atoms with Gasteiger partial charge in [0.15, 0.2) is 5.38 Å². The van der Waals surface area contributed by atoms with E-state index in [1.54, 1.807) is 0 Å². The highest BCUT2D eigenvalue weighted by Gasteiger charge is 2.83. The maximum Gasteiger partial charge on any atom is 0.219 e. The molecule has 33 heteroatoms. The summed E-state index contributed by atoms with van der Waals surface area (Å²) in [6, 6.07) is 0. The summed E-state index contributed by atoms with van der Waals surface area (Å²) >= 11 is 106. The van der Waals surface area contributed by atoms with Crippen molar-refractivity contribution in [2.24, 2.45) is 0 Å².